The van der Waals surface area contributed by atoms with E-state index in [1.54, 1.807) is 20.8 Å². The molecule has 1 aliphatic rings. The van der Waals surface area contributed by atoms with Gasteiger partial charge in [0, 0.05) is 19.0 Å². The van der Waals surface area contributed by atoms with Gasteiger partial charge in [-0.1, -0.05) is 0 Å². The van der Waals surface area contributed by atoms with E-state index in [2.05, 4.69) is 4.90 Å². The van der Waals surface area contributed by atoms with E-state index in [9.17, 15) is 13.2 Å². The van der Waals surface area contributed by atoms with Crippen molar-refractivity contribution in [3.63, 3.8) is 0 Å². The number of likely N-dealkylation sites (tertiary alicyclic amines) is 1. The summed E-state index contributed by atoms with van der Waals surface area (Å²) < 4.78 is 23.2. The number of nitrogens with zero attached hydrogens (tertiary/aromatic N) is 1. The molecule has 1 saturated heterocycles. The van der Waals surface area contributed by atoms with E-state index in [-0.39, 0.29) is 11.7 Å². The minimum Gasteiger partial charge on any atom is -0.303 e. The molecule has 1 aliphatic heterocycles. The molecule has 1 atom stereocenters. The number of hydrogen-bond donors (Lipinski definition) is 0. The van der Waals surface area contributed by atoms with Crippen molar-refractivity contribution in [2.45, 2.75) is 38.4 Å². The lowest BCUT2D eigenvalue weighted by atomic mass is 10.00. The highest BCUT2D eigenvalue weighted by Crippen LogP contribution is 2.18. The predicted octanol–water partition coefficient (Wildman–Crippen LogP) is 1.11. The van der Waals surface area contributed by atoms with Crippen molar-refractivity contribution in [2.24, 2.45) is 5.92 Å². The molecule has 0 spiro atoms. The van der Waals surface area contributed by atoms with E-state index in [1.165, 1.54) is 0 Å². The third-order valence-corrected chi connectivity index (χ3v) is 5.93. The molecular formula is C12H23NO3S. The van der Waals surface area contributed by atoms with Crippen molar-refractivity contribution in [2.75, 3.05) is 25.4 Å². The van der Waals surface area contributed by atoms with Crippen molar-refractivity contribution in [1.29, 1.82) is 0 Å². The van der Waals surface area contributed by atoms with Crippen LogP contribution in [-0.2, 0) is 14.6 Å². The fraction of sp³-hybridized carbons (Fsp3) is 0.917. The second kappa shape index (κ2) is 5.48. The number of rotatable bonds is 4. The molecule has 1 fully saturated rings. The summed E-state index contributed by atoms with van der Waals surface area (Å²) in [6, 6.07) is 0. The van der Waals surface area contributed by atoms with Crippen molar-refractivity contribution >= 4 is 16.1 Å². The third-order valence-electron chi connectivity index (χ3n) is 3.34. The minimum atomic E-state index is -3.05. The topological polar surface area (TPSA) is 54.5 Å². The summed E-state index contributed by atoms with van der Waals surface area (Å²) in [5, 5.41) is 0. The van der Waals surface area contributed by atoms with Crippen molar-refractivity contribution < 1.29 is 13.2 Å². The molecule has 1 rings (SSSR count). The van der Waals surface area contributed by atoms with Crippen molar-refractivity contribution in [1.82, 2.24) is 4.90 Å². The lowest BCUT2D eigenvalue weighted by Gasteiger charge is -2.30. The molecule has 1 heterocycles. The number of carbonyl (C=O) groups is 1. The molecule has 0 N–H and O–H groups in total. The van der Waals surface area contributed by atoms with Gasteiger partial charge in [-0.25, -0.2) is 8.42 Å². The maximum atomic E-state index is 11.9. The van der Waals surface area contributed by atoms with Gasteiger partial charge in [-0.05, 0) is 40.2 Å². The Morgan fingerprint density at radius 3 is 2.53 bits per heavy atom. The summed E-state index contributed by atoms with van der Waals surface area (Å²) in [6.45, 7) is 7.35. The Hall–Kier alpha value is -0.420. The van der Waals surface area contributed by atoms with Crippen molar-refractivity contribution in [3.8, 4) is 0 Å². The molecule has 1 unspecified atom stereocenters. The summed E-state index contributed by atoms with van der Waals surface area (Å²) in [5.74, 6) is 0.267. The Balaban J connectivity index is 2.48. The maximum absolute atomic E-state index is 11.9. The van der Waals surface area contributed by atoms with Gasteiger partial charge in [-0.3, -0.25) is 0 Å². The Morgan fingerprint density at radius 2 is 2.00 bits per heavy atom. The molecule has 4 nitrogen and oxygen atoms in total. The molecule has 0 aromatic rings. The molecule has 0 saturated carbocycles. The van der Waals surface area contributed by atoms with Gasteiger partial charge in [0.1, 0.15) is 6.29 Å². The van der Waals surface area contributed by atoms with Crippen LogP contribution in [0.2, 0.25) is 0 Å². The largest absolute Gasteiger partial charge is 0.303 e. The average molecular weight is 261 g/mol. The van der Waals surface area contributed by atoms with Crippen LogP contribution in [0.5, 0.6) is 0 Å². The summed E-state index contributed by atoms with van der Waals surface area (Å²) >= 11 is 0. The highest BCUT2D eigenvalue weighted by atomic mass is 32.2. The van der Waals surface area contributed by atoms with Crippen LogP contribution in [0.4, 0.5) is 0 Å². The number of piperidine rings is 1. The van der Waals surface area contributed by atoms with Gasteiger partial charge in [0.15, 0.2) is 9.84 Å². The molecular weight excluding hydrogens is 238 g/mol. The fourth-order valence-electron chi connectivity index (χ4n) is 1.96. The lowest BCUT2D eigenvalue weighted by molar-refractivity contribution is -0.112. The van der Waals surface area contributed by atoms with Gasteiger partial charge in [-0.2, -0.15) is 0 Å². The van der Waals surface area contributed by atoms with Crippen LogP contribution in [0.1, 0.15) is 33.6 Å². The molecule has 0 aromatic carbocycles. The summed E-state index contributed by atoms with van der Waals surface area (Å²) in [4.78, 5) is 12.8. The van der Waals surface area contributed by atoms with E-state index >= 15 is 0 Å². The first-order chi connectivity index (χ1) is 7.76. The molecule has 0 radical (unpaired) electrons. The zero-order chi connectivity index (χ0) is 13.1. The highest BCUT2D eigenvalue weighted by molar-refractivity contribution is 7.92. The minimum absolute atomic E-state index is 0.0843. The third kappa shape index (κ3) is 4.07. The summed E-state index contributed by atoms with van der Waals surface area (Å²) in [7, 11) is -3.05. The molecule has 0 amide bonds. The van der Waals surface area contributed by atoms with E-state index in [0.717, 1.165) is 25.7 Å². The van der Waals surface area contributed by atoms with Crippen LogP contribution in [0.3, 0.4) is 0 Å². The number of carbonyl (C=O) groups excluding carboxylic acids is 1. The van der Waals surface area contributed by atoms with Gasteiger partial charge in [0.05, 0.1) is 10.5 Å². The quantitative estimate of drug-likeness (QED) is 0.711. The molecule has 100 valence electrons. The smallest absolute Gasteiger partial charge is 0.156 e. The molecule has 5 heteroatoms. The van der Waals surface area contributed by atoms with E-state index in [4.69, 9.17) is 0 Å². The van der Waals surface area contributed by atoms with Crippen LogP contribution >= 0.6 is 0 Å². The van der Waals surface area contributed by atoms with Gasteiger partial charge < -0.3 is 9.69 Å². The standard InChI is InChI=1S/C12H23NO3S/c1-12(2,3)17(15,16)8-7-13-6-4-5-11(9-13)10-14/h10-11H,4-9H2,1-3H3. The van der Waals surface area contributed by atoms with Crippen LogP contribution < -0.4 is 0 Å². The first kappa shape index (κ1) is 14.6. The van der Waals surface area contributed by atoms with Gasteiger partial charge in [0.2, 0.25) is 0 Å². The van der Waals surface area contributed by atoms with E-state index in [0.29, 0.717) is 13.1 Å². The predicted molar refractivity (Wildman–Crippen MR) is 68.8 cm³/mol. The molecule has 17 heavy (non-hydrogen) atoms. The Bertz CT molecular complexity index is 356. The Kier molecular flexibility index (Phi) is 4.72. The number of sulfone groups is 1. The highest BCUT2D eigenvalue weighted by Gasteiger charge is 2.29. The van der Waals surface area contributed by atoms with Crippen LogP contribution in [0.15, 0.2) is 0 Å². The molecule has 0 aliphatic carbocycles. The lowest BCUT2D eigenvalue weighted by Crippen LogP contribution is -2.41. The average Bonchev–Trinajstić information content (AvgIpc) is 2.25. The van der Waals surface area contributed by atoms with Gasteiger partial charge in [-0.15, -0.1) is 0 Å². The molecule has 0 aromatic heterocycles. The zero-order valence-electron chi connectivity index (χ0n) is 11.0. The Morgan fingerprint density at radius 1 is 1.35 bits per heavy atom. The number of aldehydes is 1. The van der Waals surface area contributed by atoms with Gasteiger partial charge >= 0.3 is 0 Å². The Labute approximate surface area is 104 Å². The van der Waals surface area contributed by atoms with Crippen LogP contribution in [0.25, 0.3) is 0 Å². The summed E-state index contributed by atoms with van der Waals surface area (Å²) in [5.41, 5.74) is 0. The van der Waals surface area contributed by atoms with Crippen LogP contribution in [0, 0.1) is 5.92 Å². The first-order valence-corrected chi connectivity index (χ1v) is 7.81. The van der Waals surface area contributed by atoms with E-state index < -0.39 is 14.6 Å². The summed E-state index contributed by atoms with van der Waals surface area (Å²) in [6.07, 6.45) is 2.91. The number of hydrogen-bond acceptors (Lipinski definition) is 4. The second-order valence-corrected chi connectivity index (χ2v) is 8.63. The zero-order valence-corrected chi connectivity index (χ0v) is 11.8. The van der Waals surface area contributed by atoms with Crippen LogP contribution in [-0.4, -0.2) is 49.7 Å². The fourth-order valence-corrected chi connectivity index (χ4v) is 3.07. The normalized spacial score (nSPS) is 23.6. The van der Waals surface area contributed by atoms with Gasteiger partial charge in [0.25, 0.3) is 0 Å². The maximum Gasteiger partial charge on any atom is 0.156 e. The van der Waals surface area contributed by atoms with Crippen molar-refractivity contribution in [3.05, 3.63) is 0 Å². The SMILES string of the molecule is CC(C)(C)S(=O)(=O)CCN1CCCC(C=O)C1. The monoisotopic (exact) mass is 261 g/mol. The molecule has 0 bridgehead atoms. The van der Waals surface area contributed by atoms with E-state index in [1.807, 2.05) is 0 Å². The first-order valence-electron chi connectivity index (χ1n) is 6.16. The second-order valence-electron chi connectivity index (χ2n) is 5.77.